The third-order valence-corrected chi connectivity index (χ3v) is 4.03. The van der Waals surface area contributed by atoms with E-state index in [1.165, 1.54) is 23.6 Å². The van der Waals surface area contributed by atoms with Crippen LogP contribution in [0.4, 0.5) is 26.0 Å². The maximum Gasteiger partial charge on any atom is 0.230 e. The molecule has 122 valence electrons. The van der Waals surface area contributed by atoms with Crippen LogP contribution in [0.3, 0.4) is 0 Å². The first-order chi connectivity index (χ1) is 11.6. The number of benzene rings is 1. The number of carbonyl (C=O) groups is 1. The summed E-state index contributed by atoms with van der Waals surface area (Å²) in [7, 11) is 0. The van der Waals surface area contributed by atoms with Crippen molar-refractivity contribution in [3.8, 4) is 0 Å². The monoisotopic (exact) mass is 345 g/mol. The van der Waals surface area contributed by atoms with E-state index in [1.54, 1.807) is 12.1 Å². The molecule has 0 radical (unpaired) electrons. The van der Waals surface area contributed by atoms with Crippen molar-refractivity contribution in [3.05, 3.63) is 70.6 Å². The van der Waals surface area contributed by atoms with Crippen LogP contribution in [0.25, 0.3) is 0 Å². The Morgan fingerprint density at radius 2 is 1.92 bits per heavy atom. The zero-order chi connectivity index (χ0) is 16.9. The van der Waals surface area contributed by atoms with Crippen molar-refractivity contribution < 1.29 is 13.6 Å². The zero-order valence-electron chi connectivity index (χ0n) is 12.4. The topological polar surface area (TPSA) is 54.0 Å². The normalized spacial score (nSPS) is 10.4. The molecule has 0 saturated carbocycles. The number of aromatic nitrogens is 1. The second-order valence-corrected chi connectivity index (χ2v) is 6.02. The van der Waals surface area contributed by atoms with Gasteiger partial charge >= 0.3 is 0 Å². The smallest absolute Gasteiger partial charge is 0.230 e. The summed E-state index contributed by atoms with van der Waals surface area (Å²) in [6, 6.07) is 10.6. The van der Waals surface area contributed by atoms with E-state index in [0.29, 0.717) is 23.6 Å². The molecule has 3 aromatic rings. The quantitative estimate of drug-likeness (QED) is 0.723. The molecule has 0 unspecified atom stereocenters. The minimum atomic E-state index is -0.926. The predicted octanol–water partition coefficient (Wildman–Crippen LogP) is 4.35. The molecule has 2 heterocycles. The molecule has 0 saturated heterocycles. The number of halogens is 2. The molecular weight excluding hydrogens is 332 g/mol. The molecule has 7 heteroatoms. The lowest BCUT2D eigenvalue weighted by Gasteiger charge is -2.08. The highest BCUT2D eigenvalue weighted by molar-refractivity contribution is 7.10. The van der Waals surface area contributed by atoms with E-state index in [2.05, 4.69) is 15.6 Å². The first-order valence-electron chi connectivity index (χ1n) is 7.10. The van der Waals surface area contributed by atoms with Gasteiger partial charge in [-0.1, -0.05) is 6.07 Å². The number of hydrogen-bond acceptors (Lipinski definition) is 4. The molecule has 2 N–H and O–H groups in total. The molecule has 0 aliphatic heterocycles. The van der Waals surface area contributed by atoms with Gasteiger partial charge in [-0.25, -0.2) is 13.8 Å². The fourth-order valence-corrected chi connectivity index (χ4v) is 2.74. The molecule has 0 bridgehead atoms. The molecule has 0 aliphatic rings. The number of thiophene rings is 1. The minimum absolute atomic E-state index is 0.147. The molecule has 2 aromatic heterocycles. The highest BCUT2D eigenvalue weighted by Crippen LogP contribution is 2.19. The maximum atomic E-state index is 13.2. The van der Waals surface area contributed by atoms with Crippen molar-refractivity contribution in [2.75, 3.05) is 10.6 Å². The number of pyridine rings is 1. The summed E-state index contributed by atoms with van der Waals surface area (Å²) >= 11 is 1.52. The summed E-state index contributed by atoms with van der Waals surface area (Å²) < 4.78 is 26.1. The van der Waals surface area contributed by atoms with Gasteiger partial charge in [0.25, 0.3) is 0 Å². The number of anilines is 3. The lowest BCUT2D eigenvalue weighted by atomic mass is 10.3. The van der Waals surface area contributed by atoms with Crippen molar-refractivity contribution in [1.82, 2.24) is 4.98 Å². The Kier molecular flexibility index (Phi) is 4.81. The van der Waals surface area contributed by atoms with Crippen molar-refractivity contribution >= 4 is 34.4 Å². The molecular formula is C17H13F2N3OS. The van der Waals surface area contributed by atoms with Gasteiger partial charge in [-0.15, -0.1) is 11.3 Å². The lowest BCUT2D eigenvalue weighted by Crippen LogP contribution is -2.14. The van der Waals surface area contributed by atoms with Crippen LogP contribution in [-0.2, 0) is 11.2 Å². The second kappa shape index (κ2) is 7.18. The van der Waals surface area contributed by atoms with Crippen molar-refractivity contribution in [2.45, 2.75) is 6.42 Å². The van der Waals surface area contributed by atoms with Gasteiger partial charge in [-0.05, 0) is 35.7 Å². The van der Waals surface area contributed by atoms with Gasteiger partial charge in [-0.3, -0.25) is 4.79 Å². The molecule has 0 aliphatic carbocycles. The molecule has 0 fully saturated rings. The largest absolute Gasteiger partial charge is 0.354 e. The molecule has 1 aromatic carbocycles. The first kappa shape index (κ1) is 16.1. The van der Waals surface area contributed by atoms with Gasteiger partial charge in [0.15, 0.2) is 11.6 Å². The third-order valence-electron chi connectivity index (χ3n) is 3.15. The molecule has 0 atom stereocenters. The van der Waals surface area contributed by atoms with Gasteiger partial charge < -0.3 is 10.6 Å². The molecule has 0 spiro atoms. The van der Waals surface area contributed by atoms with E-state index >= 15 is 0 Å². The SMILES string of the molecule is O=C(Cc1cccs1)Nc1ccc(Nc2ccc(F)c(F)c2)cn1. The summed E-state index contributed by atoms with van der Waals surface area (Å²) in [6.07, 6.45) is 1.80. The van der Waals surface area contributed by atoms with Crippen LogP contribution in [-0.4, -0.2) is 10.9 Å². The van der Waals surface area contributed by atoms with E-state index in [1.807, 2.05) is 17.5 Å². The maximum absolute atomic E-state index is 13.2. The molecule has 4 nitrogen and oxygen atoms in total. The highest BCUT2D eigenvalue weighted by Gasteiger charge is 2.06. The first-order valence-corrected chi connectivity index (χ1v) is 7.98. The van der Waals surface area contributed by atoms with Gasteiger partial charge in [0.1, 0.15) is 5.82 Å². The average Bonchev–Trinajstić information content (AvgIpc) is 3.06. The fourth-order valence-electron chi connectivity index (χ4n) is 2.04. The van der Waals surface area contributed by atoms with Gasteiger partial charge in [-0.2, -0.15) is 0 Å². The van der Waals surface area contributed by atoms with E-state index in [-0.39, 0.29) is 5.91 Å². The van der Waals surface area contributed by atoms with E-state index < -0.39 is 11.6 Å². The Bertz CT molecular complexity index is 836. The summed E-state index contributed by atoms with van der Waals surface area (Å²) in [6.45, 7) is 0. The number of nitrogens with one attached hydrogen (secondary N) is 2. The number of amides is 1. The third kappa shape index (κ3) is 4.14. The molecule has 1 amide bonds. The Labute approximate surface area is 141 Å². The average molecular weight is 345 g/mol. The standard InChI is InChI=1S/C17H13F2N3OS/c18-14-5-3-11(8-15(14)19)21-12-4-6-16(20-10-12)22-17(23)9-13-2-1-7-24-13/h1-8,10,21H,9H2,(H,20,22,23). The second-order valence-electron chi connectivity index (χ2n) is 4.99. The van der Waals surface area contributed by atoms with Crippen LogP contribution < -0.4 is 10.6 Å². The summed E-state index contributed by atoms with van der Waals surface area (Å²) in [5, 5.41) is 7.53. The minimum Gasteiger partial charge on any atom is -0.354 e. The van der Waals surface area contributed by atoms with Crippen molar-refractivity contribution in [1.29, 1.82) is 0 Å². The Balaban J connectivity index is 1.60. The number of rotatable bonds is 5. The summed E-state index contributed by atoms with van der Waals surface area (Å²) in [5.41, 5.74) is 1.00. The van der Waals surface area contributed by atoms with Crippen LogP contribution in [0.5, 0.6) is 0 Å². The predicted molar refractivity (Wildman–Crippen MR) is 90.5 cm³/mol. The van der Waals surface area contributed by atoms with Crippen LogP contribution >= 0.6 is 11.3 Å². The summed E-state index contributed by atoms with van der Waals surface area (Å²) in [4.78, 5) is 17.0. The van der Waals surface area contributed by atoms with Crippen LogP contribution in [0.15, 0.2) is 54.0 Å². The molecule has 24 heavy (non-hydrogen) atoms. The fraction of sp³-hybridized carbons (Fsp3) is 0.0588. The van der Waals surface area contributed by atoms with Crippen molar-refractivity contribution in [2.24, 2.45) is 0 Å². The van der Waals surface area contributed by atoms with Gasteiger partial charge in [0, 0.05) is 16.6 Å². The zero-order valence-corrected chi connectivity index (χ0v) is 13.2. The Morgan fingerprint density at radius 1 is 1.08 bits per heavy atom. The van der Waals surface area contributed by atoms with Crippen LogP contribution in [0, 0.1) is 11.6 Å². The number of nitrogens with zero attached hydrogens (tertiary/aromatic N) is 1. The molecule has 3 rings (SSSR count). The van der Waals surface area contributed by atoms with Crippen LogP contribution in [0.2, 0.25) is 0 Å². The number of hydrogen-bond donors (Lipinski definition) is 2. The summed E-state index contributed by atoms with van der Waals surface area (Å²) in [5.74, 6) is -1.55. The van der Waals surface area contributed by atoms with E-state index in [0.717, 1.165) is 17.0 Å². The Hall–Kier alpha value is -2.80. The number of carbonyl (C=O) groups excluding carboxylic acids is 1. The van der Waals surface area contributed by atoms with E-state index in [4.69, 9.17) is 0 Å². The van der Waals surface area contributed by atoms with Gasteiger partial charge in [0.2, 0.25) is 5.91 Å². The van der Waals surface area contributed by atoms with Gasteiger partial charge in [0.05, 0.1) is 18.3 Å². The van der Waals surface area contributed by atoms with Crippen LogP contribution in [0.1, 0.15) is 4.88 Å². The Morgan fingerprint density at radius 3 is 2.58 bits per heavy atom. The van der Waals surface area contributed by atoms with E-state index in [9.17, 15) is 13.6 Å². The highest BCUT2D eigenvalue weighted by atomic mass is 32.1. The van der Waals surface area contributed by atoms with Crippen molar-refractivity contribution in [3.63, 3.8) is 0 Å². The lowest BCUT2D eigenvalue weighted by molar-refractivity contribution is -0.115.